The van der Waals surface area contributed by atoms with E-state index in [4.69, 9.17) is 11.6 Å². The van der Waals surface area contributed by atoms with Crippen molar-refractivity contribution in [3.8, 4) is 0 Å². The van der Waals surface area contributed by atoms with Crippen LogP contribution in [0, 0.1) is 11.3 Å². The Kier molecular flexibility index (Phi) is 4.66. The molecule has 1 amide bonds. The summed E-state index contributed by atoms with van der Waals surface area (Å²) in [7, 11) is 0. The Bertz CT molecular complexity index is 243. The van der Waals surface area contributed by atoms with E-state index in [0.29, 0.717) is 30.8 Å². The lowest BCUT2D eigenvalue weighted by Gasteiger charge is -2.29. The molecule has 1 atom stereocenters. The van der Waals surface area contributed by atoms with Crippen LogP contribution in [0.4, 0.5) is 0 Å². The van der Waals surface area contributed by atoms with Gasteiger partial charge < -0.3 is 4.90 Å². The van der Waals surface area contributed by atoms with Crippen molar-refractivity contribution in [2.45, 2.75) is 53.0 Å². The monoisotopic (exact) mass is 245 g/mol. The van der Waals surface area contributed by atoms with Crippen LogP contribution >= 0.6 is 11.6 Å². The van der Waals surface area contributed by atoms with E-state index in [1.54, 1.807) is 0 Å². The number of nitrogens with zero attached hydrogens (tertiary/aromatic N) is 1. The SMILES string of the molecule is CC(CC(=O)N(CCCl)C1CC1)C(C)(C)C. The van der Waals surface area contributed by atoms with E-state index in [9.17, 15) is 4.79 Å². The fourth-order valence-corrected chi connectivity index (χ4v) is 1.86. The van der Waals surface area contributed by atoms with E-state index < -0.39 is 0 Å². The van der Waals surface area contributed by atoms with Crippen LogP contribution < -0.4 is 0 Å². The first-order valence-electron chi connectivity index (χ1n) is 6.21. The summed E-state index contributed by atoms with van der Waals surface area (Å²) in [5, 5.41) is 0. The maximum absolute atomic E-state index is 12.1. The fourth-order valence-electron chi connectivity index (χ4n) is 1.67. The lowest BCUT2D eigenvalue weighted by molar-refractivity contribution is -0.133. The first kappa shape index (κ1) is 13.8. The largest absolute Gasteiger partial charge is 0.339 e. The van der Waals surface area contributed by atoms with Gasteiger partial charge in [0.15, 0.2) is 0 Å². The fraction of sp³-hybridized carbons (Fsp3) is 0.923. The minimum Gasteiger partial charge on any atom is -0.339 e. The average molecular weight is 246 g/mol. The molecular formula is C13H24ClNO. The van der Waals surface area contributed by atoms with Gasteiger partial charge in [0.2, 0.25) is 5.91 Å². The van der Waals surface area contributed by atoms with Crippen LogP contribution in [0.2, 0.25) is 0 Å². The van der Waals surface area contributed by atoms with Crippen molar-refractivity contribution in [3.05, 3.63) is 0 Å². The molecule has 0 aromatic carbocycles. The number of carbonyl (C=O) groups excluding carboxylic acids is 1. The van der Waals surface area contributed by atoms with Crippen LogP contribution in [-0.2, 0) is 4.79 Å². The summed E-state index contributed by atoms with van der Waals surface area (Å²) in [6.45, 7) is 9.43. The second kappa shape index (κ2) is 5.39. The molecule has 0 heterocycles. The number of carbonyl (C=O) groups is 1. The Morgan fingerprint density at radius 2 is 2.00 bits per heavy atom. The second-order valence-corrected chi connectivity index (χ2v) is 6.36. The molecule has 0 spiro atoms. The molecule has 3 heteroatoms. The molecule has 0 bridgehead atoms. The Labute approximate surface area is 104 Å². The highest BCUT2D eigenvalue weighted by Gasteiger charge is 2.33. The molecule has 1 rings (SSSR count). The number of amides is 1. The lowest BCUT2D eigenvalue weighted by atomic mass is 9.80. The average Bonchev–Trinajstić information content (AvgIpc) is 2.95. The molecule has 1 aliphatic carbocycles. The number of hydrogen-bond donors (Lipinski definition) is 0. The number of alkyl halides is 1. The van der Waals surface area contributed by atoms with Gasteiger partial charge in [-0.05, 0) is 24.2 Å². The lowest BCUT2D eigenvalue weighted by Crippen LogP contribution is -2.37. The van der Waals surface area contributed by atoms with Gasteiger partial charge in [0.25, 0.3) is 0 Å². The molecule has 1 saturated carbocycles. The van der Waals surface area contributed by atoms with Crippen LogP contribution in [0.15, 0.2) is 0 Å². The smallest absolute Gasteiger partial charge is 0.223 e. The van der Waals surface area contributed by atoms with Crippen LogP contribution in [-0.4, -0.2) is 29.3 Å². The summed E-state index contributed by atoms with van der Waals surface area (Å²) in [5.41, 5.74) is 0.200. The van der Waals surface area contributed by atoms with Gasteiger partial charge in [-0.2, -0.15) is 0 Å². The van der Waals surface area contributed by atoms with Gasteiger partial charge >= 0.3 is 0 Å². The van der Waals surface area contributed by atoms with Crippen molar-refractivity contribution in [2.24, 2.45) is 11.3 Å². The molecule has 1 aliphatic rings. The minimum atomic E-state index is 0.200. The quantitative estimate of drug-likeness (QED) is 0.681. The summed E-state index contributed by atoms with van der Waals surface area (Å²) in [6, 6.07) is 0.485. The standard InChI is InChI=1S/C13H24ClNO/c1-10(13(2,3)4)9-12(16)15(8-7-14)11-5-6-11/h10-11H,5-9H2,1-4H3. The molecule has 1 fully saturated rings. The normalized spacial score (nSPS) is 18.3. The Hall–Kier alpha value is -0.240. The molecular weight excluding hydrogens is 222 g/mol. The van der Waals surface area contributed by atoms with Gasteiger partial charge in [0.1, 0.15) is 0 Å². The van der Waals surface area contributed by atoms with E-state index in [0.717, 1.165) is 12.8 Å². The predicted octanol–water partition coefficient (Wildman–Crippen LogP) is 3.29. The molecule has 2 nitrogen and oxygen atoms in total. The minimum absolute atomic E-state index is 0.200. The summed E-state index contributed by atoms with van der Waals surface area (Å²) in [5.74, 6) is 1.24. The zero-order valence-corrected chi connectivity index (χ0v) is 11.7. The summed E-state index contributed by atoms with van der Waals surface area (Å²) in [4.78, 5) is 14.1. The third-order valence-electron chi connectivity index (χ3n) is 3.59. The van der Waals surface area contributed by atoms with Crippen molar-refractivity contribution in [3.63, 3.8) is 0 Å². The molecule has 94 valence electrons. The molecule has 0 aromatic rings. The topological polar surface area (TPSA) is 20.3 Å². The molecule has 0 aromatic heterocycles. The van der Waals surface area contributed by atoms with E-state index in [2.05, 4.69) is 27.7 Å². The number of halogens is 1. The molecule has 0 saturated heterocycles. The summed E-state index contributed by atoms with van der Waals surface area (Å²) < 4.78 is 0. The van der Waals surface area contributed by atoms with Gasteiger partial charge in [0, 0.05) is 24.9 Å². The highest BCUT2D eigenvalue weighted by Crippen LogP contribution is 2.31. The molecule has 0 N–H and O–H groups in total. The van der Waals surface area contributed by atoms with Crippen LogP contribution in [0.25, 0.3) is 0 Å². The van der Waals surface area contributed by atoms with Crippen LogP contribution in [0.3, 0.4) is 0 Å². The first-order valence-corrected chi connectivity index (χ1v) is 6.75. The zero-order valence-electron chi connectivity index (χ0n) is 10.9. The predicted molar refractivity (Wildman–Crippen MR) is 68.7 cm³/mol. The molecule has 0 aliphatic heterocycles. The Morgan fingerprint density at radius 3 is 2.38 bits per heavy atom. The molecule has 1 unspecified atom stereocenters. The number of rotatable bonds is 5. The van der Waals surface area contributed by atoms with Gasteiger partial charge in [-0.15, -0.1) is 11.6 Å². The maximum atomic E-state index is 12.1. The van der Waals surface area contributed by atoms with Crippen molar-refractivity contribution < 1.29 is 4.79 Å². The maximum Gasteiger partial charge on any atom is 0.223 e. The van der Waals surface area contributed by atoms with Gasteiger partial charge in [-0.25, -0.2) is 0 Å². The third kappa shape index (κ3) is 3.97. The zero-order chi connectivity index (χ0) is 12.3. The van der Waals surface area contributed by atoms with Gasteiger partial charge in [-0.3, -0.25) is 4.79 Å². The van der Waals surface area contributed by atoms with E-state index >= 15 is 0 Å². The van der Waals surface area contributed by atoms with Crippen molar-refractivity contribution in [1.82, 2.24) is 4.90 Å². The van der Waals surface area contributed by atoms with Gasteiger partial charge in [0.05, 0.1) is 0 Å². The van der Waals surface area contributed by atoms with Crippen molar-refractivity contribution >= 4 is 17.5 Å². The van der Waals surface area contributed by atoms with Crippen molar-refractivity contribution in [2.75, 3.05) is 12.4 Å². The number of hydrogen-bond acceptors (Lipinski definition) is 1. The van der Waals surface area contributed by atoms with Crippen LogP contribution in [0.1, 0.15) is 47.0 Å². The van der Waals surface area contributed by atoms with E-state index in [1.165, 1.54) is 0 Å². The first-order chi connectivity index (χ1) is 7.36. The Morgan fingerprint density at radius 1 is 1.44 bits per heavy atom. The van der Waals surface area contributed by atoms with E-state index in [1.807, 2.05) is 4.90 Å². The third-order valence-corrected chi connectivity index (χ3v) is 3.76. The van der Waals surface area contributed by atoms with Crippen LogP contribution in [0.5, 0.6) is 0 Å². The van der Waals surface area contributed by atoms with E-state index in [-0.39, 0.29) is 11.3 Å². The summed E-state index contributed by atoms with van der Waals surface area (Å²) in [6.07, 6.45) is 2.97. The summed E-state index contributed by atoms with van der Waals surface area (Å²) >= 11 is 5.74. The highest BCUT2D eigenvalue weighted by molar-refractivity contribution is 6.18. The van der Waals surface area contributed by atoms with Gasteiger partial charge in [-0.1, -0.05) is 27.7 Å². The second-order valence-electron chi connectivity index (χ2n) is 5.98. The highest BCUT2D eigenvalue weighted by atomic mass is 35.5. The Balaban J connectivity index is 2.48. The van der Waals surface area contributed by atoms with Crippen molar-refractivity contribution in [1.29, 1.82) is 0 Å². The molecule has 16 heavy (non-hydrogen) atoms. The molecule has 0 radical (unpaired) electrons.